The Balaban J connectivity index is 1.73. The van der Waals surface area contributed by atoms with E-state index in [4.69, 9.17) is 4.74 Å². The molecule has 0 spiro atoms. The number of hydrogen-bond donors (Lipinski definition) is 4. The molecule has 0 atom stereocenters. The number of aliphatic imine (C=N–C) groups is 1. The van der Waals surface area contributed by atoms with E-state index in [0.29, 0.717) is 19.0 Å². The number of ether oxygens (including phenoxy) is 1. The number of carbonyl (C=O) groups is 1. The lowest BCUT2D eigenvalue weighted by atomic mass is 10.1. The number of aromatic amines is 1. The Hall–Kier alpha value is -2.70. The summed E-state index contributed by atoms with van der Waals surface area (Å²) in [7, 11) is 1.73. The molecule has 2 aromatic rings. The van der Waals surface area contributed by atoms with Crippen molar-refractivity contribution in [2.45, 2.75) is 39.7 Å². The summed E-state index contributed by atoms with van der Waals surface area (Å²) >= 11 is 0. The van der Waals surface area contributed by atoms with Crippen molar-refractivity contribution in [3.05, 3.63) is 35.5 Å². The van der Waals surface area contributed by atoms with Crippen molar-refractivity contribution in [1.82, 2.24) is 20.9 Å². The molecule has 0 radical (unpaired) electrons. The van der Waals surface area contributed by atoms with Gasteiger partial charge in [-0.25, -0.2) is 4.79 Å². The van der Waals surface area contributed by atoms with Crippen LogP contribution in [0.1, 0.15) is 32.0 Å². The number of fused-ring (bicyclic) bond motifs is 1. The molecule has 1 heterocycles. The molecule has 27 heavy (non-hydrogen) atoms. The molecule has 148 valence electrons. The van der Waals surface area contributed by atoms with Crippen LogP contribution in [0.4, 0.5) is 4.79 Å². The van der Waals surface area contributed by atoms with Gasteiger partial charge in [0.25, 0.3) is 0 Å². The van der Waals surface area contributed by atoms with Crippen LogP contribution >= 0.6 is 0 Å². The minimum absolute atomic E-state index is 0.415. The molecule has 0 aliphatic carbocycles. The van der Waals surface area contributed by atoms with Crippen molar-refractivity contribution < 1.29 is 9.53 Å². The third-order valence-electron chi connectivity index (χ3n) is 4.00. The first-order valence-corrected chi connectivity index (χ1v) is 9.27. The largest absolute Gasteiger partial charge is 0.444 e. The van der Waals surface area contributed by atoms with Crippen LogP contribution in [0.2, 0.25) is 0 Å². The van der Waals surface area contributed by atoms with E-state index in [9.17, 15) is 4.79 Å². The average Bonchev–Trinajstić information content (AvgIpc) is 2.91. The standard InChI is InChI=1S/C20H31N5O2/c1-14-15(16-8-6-7-9-17(16)25-14)10-11-22-18(21-5)23-12-13-24-19(26)27-20(2,3)4/h6-9,25H,10-13H2,1-5H3,(H,24,26)(H2,21,22,23). The van der Waals surface area contributed by atoms with Crippen LogP contribution in [0.25, 0.3) is 10.9 Å². The van der Waals surface area contributed by atoms with E-state index in [1.54, 1.807) is 7.05 Å². The first-order chi connectivity index (χ1) is 12.8. The van der Waals surface area contributed by atoms with Crippen LogP contribution in [-0.4, -0.2) is 49.3 Å². The number of H-pyrrole nitrogens is 1. The third-order valence-corrected chi connectivity index (χ3v) is 4.00. The van der Waals surface area contributed by atoms with Crippen molar-refractivity contribution in [2.75, 3.05) is 26.7 Å². The monoisotopic (exact) mass is 373 g/mol. The molecular weight excluding hydrogens is 342 g/mol. The topological polar surface area (TPSA) is 90.5 Å². The van der Waals surface area contributed by atoms with Gasteiger partial charge in [-0.2, -0.15) is 0 Å². The van der Waals surface area contributed by atoms with E-state index >= 15 is 0 Å². The average molecular weight is 374 g/mol. The van der Waals surface area contributed by atoms with E-state index in [0.717, 1.165) is 13.0 Å². The van der Waals surface area contributed by atoms with Crippen molar-refractivity contribution in [3.63, 3.8) is 0 Å². The summed E-state index contributed by atoms with van der Waals surface area (Å²) in [6, 6.07) is 8.34. The number of aromatic nitrogens is 1. The highest BCUT2D eigenvalue weighted by Gasteiger charge is 2.15. The van der Waals surface area contributed by atoms with Gasteiger partial charge in [0.15, 0.2) is 5.96 Å². The molecule has 7 heteroatoms. The lowest BCUT2D eigenvalue weighted by Crippen LogP contribution is -2.43. The number of para-hydroxylation sites is 1. The summed E-state index contributed by atoms with van der Waals surface area (Å²) in [6.07, 6.45) is 0.481. The molecule has 7 nitrogen and oxygen atoms in total. The lowest BCUT2D eigenvalue weighted by Gasteiger charge is -2.19. The van der Waals surface area contributed by atoms with Crippen molar-refractivity contribution in [3.8, 4) is 0 Å². The van der Waals surface area contributed by atoms with Gasteiger partial charge >= 0.3 is 6.09 Å². The van der Waals surface area contributed by atoms with Crippen LogP contribution in [0, 0.1) is 6.92 Å². The fourth-order valence-corrected chi connectivity index (χ4v) is 2.84. The molecule has 0 unspecified atom stereocenters. The summed E-state index contributed by atoms with van der Waals surface area (Å²) in [5.41, 5.74) is 3.19. The molecule has 2 rings (SSSR count). The van der Waals surface area contributed by atoms with E-state index in [-0.39, 0.29) is 0 Å². The Morgan fingerprint density at radius 3 is 2.48 bits per heavy atom. The SMILES string of the molecule is CN=C(NCCNC(=O)OC(C)(C)C)NCCc1c(C)[nH]c2ccccc12. The summed E-state index contributed by atoms with van der Waals surface area (Å²) in [4.78, 5) is 19.2. The molecular formula is C20H31N5O2. The van der Waals surface area contributed by atoms with Gasteiger partial charge in [0.05, 0.1) is 0 Å². The Morgan fingerprint density at radius 2 is 1.78 bits per heavy atom. The summed E-state index contributed by atoms with van der Waals surface area (Å²) in [5, 5.41) is 10.5. The second-order valence-electron chi connectivity index (χ2n) is 7.38. The predicted molar refractivity (Wildman–Crippen MR) is 110 cm³/mol. The first-order valence-electron chi connectivity index (χ1n) is 9.27. The second-order valence-corrected chi connectivity index (χ2v) is 7.38. The number of nitrogens with one attached hydrogen (secondary N) is 4. The highest BCUT2D eigenvalue weighted by Crippen LogP contribution is 2.21. The second kappa shape index (κ2) is 9.30. The number of aryl methyl sites for hydroxylation is 1. The number of guanidine groups is 1. The van der Waals surface area contributed by atoms with Gasteiger partial charge in [0.1, 0.15) is 5.60 Å². The third kappa shape index (κ3) is 6.51. The van der Waals surface area contributed by atoms with Crippen LogP contribution in [0.5, 0.6) is 0 Å². The van der Waals surface area contributed by atoms with E-state index in [2.05, 4.69) is 51.0 Å². The van der Waals surface area contributed by atoms with Crippen LogP contribution in [0.3, 0.4) is 0 Å². The van der Waals surface area contributed by atoms with Gasteiger partial charge in [0.2, 0.25) is 0 Å². The van der Waals surface area contributed by atoms with Crippen molar-refractivity contribution >= 4 is 23.0 Å². The van der Waals surface area contributed by atoms with Gasteiger partial charge in [-0.1, -0.05) is 18.2 Å². The molecule has 0 bridgehead atoms. The predicted octanol–water partition coefficient (Wildman–Crippen LogP) is 2.71. The van der Waals surface area contributed by atoms with Gasteiger partial charge in [-0.05, 0) is 45.7 Å². The Kier molecular flexibility index (Phi) is 7.10. The molecule has 4 N–H and O–H groups in total. The van der Waals surface area contributed by atoms with Gasteiger partial charge in [-0.15, -0.1) is 0 Å². The number of amides is 1. The normalized spacial score (nSPS) is 12.1. The molecule has 1 aromatic heterocycles. The zero-order valence-corrected chi connectivity index (χ0v) is 16.9. The summed E-state index contributed by atoms with van der Waals surface area (Å²) in [6.45, 7) is 9.40. The maximum atomic E-state index is 11.6. The van der Waals surface area contributed by atoms with Crippen molar-refractivity contribution in [1.29, 1.82) is 0 Å². The highest BCUT2D eigenvalue weighted by molar-refractivity contribution is 5.84. The number of benzene rings is 1. The fourth-order valence-electron chi connectivity index (χ4n) is 2.84. The smallest absolute Gasteiger partial charge is 0.407 e. The maximum absolute atomic E-state index is 11.6. The van der Waals surface area contributed by atoms with Gasteiger partial charge in [-0.3, -0.25) is 4.99 Å². The Morgan fingerprint density at radius 1 is 1.11 bits per heavy atom. The molecule has 1 amide bonds. The summed E-state index contributed by atoms with van der Waals surface area (Å²) < 4.78 is 5.20. The fraction of sp³-hybridized carbons (Fsp3) is 0.500. The molecule has 0 saturated heterocycles. The Bertz CT molecular complexity index is 789. The molecule has 0 aliphatic rings. The van der Waals surface area contributed by atoms with E-state index in [1.807, 2.05) is 26.8 Å². The first kappa shape index (κ1) is 20.6. The van der Waals surface area contributed by atoms with Crippen molar-refractivity contribution in [2.24, 2.45) is 4.99 Å². The number of carbonyl (C=O) groups excluding carboxylic acids is 1. The molecule has 0 fully saturated rings. The molecule has 0 aliphatic heterocycles. The molecule has 1 aromatic carbocycles. The van der Waals surface area contributed by atoms with Crippen LogP contribution in [0.15, 0.2) is 29.3 Å². The highest BCUT2D eigenvalue weighted by atomic mass is 16.6. The molecule has 0 saturated carbocycles. The number of nitrogens with zero attached hydrogens (tertiary/aromatic N) is 1. The van der Waals surface area contributed by atoms with Crippen LogP contribution in [-0.2, 0) is 11.2 Å². The minimum Gasteiger partial charge on any atom is -0.444 e. The quantitative estimate of drug-likeness (QED) is 0.356. The zero-order valence-electron chi connectivity index (χ0n) is 16.9. The van der Waals surface area contributed by atoms with E-state index in [1.165, 1.54) is 22.2 Å². The summed E-state index contributed by atoms with van der Waals surface area (Å²) in [5.74, 6) is 0.707. The number of hydrogen-bond acceptors (Lipinski definition) is 3. The number of rotatable bonds is 6. The van der Waals surface area contributed by atoms with E-state index < -0.39 is 11.7 Å². The maximum Gasteiger partial charge on any atom is 0.407 e. The van der Waals surface area contributed by atoms with Crippen LogP contribution < -0.4 is 16.0 Å². The zero-order chi connectivity index (χ0) is 19.9. The van der Waals surface area contributed by atoms with Gasteiger partial charge in [0, 0.05) is 43.3 Å². The lowest BCUT2D eigenvalue weighted by molar-refractivity contribution is 0.0529. The number of alkyl carbamates (subject to hydrolysis) is 1. The van der Waals surface area contributed by atoms with Gasteiger partial charge < -0.3 is 25.7 Å². The minimum atomic E-state index is -0.490. The Labute approximate surface area is 161 Å².